The Morgan fingerprint density at radius 1 is 1.10 bits per heavy atom. The number of aromatic amines is 1. The molecule has 3 heterocycles. The van der Waals surface area contributed by atoms with E-state index in [-0.39, 0.29) is 5.82 Å². The Morgan fingerprint density at radius 2 is 1.93 bits per heavy atom. The summed E-state index contributed by atoms with van der Waals surface area (Å²) in [6, 6.07) is 8.29. The van der Waals surface area contributed by atoms with Crippen molar-refractivity contribution in [3.05, 3.63) is 42.3 Å². The molecule has 150 valence electrons. The number of hydrogen-bond donors (Lipinski definition) is 2. The van der Waals surface area contributed by atoms with E-state index in [1.54, 1.807) is 30.5 Å². The fourth-order valence-corrected chi connectivity index (χ4v) is 3.92. The number of anilines is 3. The third kappa shape index (κ3) is 3.62. The van der Waals surface area contributed by atoms with Crippen LogP contribution in [0.5, 0.6) is 5.75 Å². The molecule has 1 spiro atoms. The molecule has 0 bridgehead atoms. The van der Waals surface area contributed by atoms with Gasteiger partial charge in [-0.05, 0) is 49.3 Å². The van der Waals surface area contributed by atoms with Crippen molar-refractivity contribution in [3.63, 3.8) is 0 Å². The van der Waals surface area contributed by atoms with E-state index < -0.39 is 0 Å². The number of piperidine rings is 1. The van der Waals surface area contributed by atoms with Crippen LogP contribution in [0, 0.1) is 11.2 Å². The summed E-state index contributed by atoms with van der Waals surface area (Å²) in [5, 5.41) is 10.3. The van der Waals surface area contributed by atoms with Gasteiger partial charge in [-0.2, -0.15) is 10.1 Å². The lowest BCUT2D eigenvalue weighted by Gasteiger charge is -2.32. The van der Waals surface area contributed by atoms with Crippen LogP contribution >= 0.6 is 0 Å². The van der Waals surface area contributed by atoms with Gasteiger partial charge in [-0.15, -0.1) is 0 Å². The fourth-order valence-electron chi connectivity index (χ4n) is 3.92. The van der Waals surface area contributed by atoms with Gasteiger partial charge in [-0.3, -0.25) is 5.10 Å². The second-order valence-corrected chi connectivity index (χ2v) is 7.87. The zero-order valence-corrected chi connectivity index (χ0v) is 16.3. The maximum Gasteiger partial charge on any atom is 0.227 e. The number of methoxy groups -OCH3 is 1. The van der Waals surface area contributed by atoms with Gasteiger partial charge in [-0.25, -0.2) is 9.37 Å². The van der Waals surface area contributed by atoms with E-state index >= 15 is 0 Å². The summed E-state index contributed by atoms with van der Waals surface area (Å²) in [6.45, 7) is 2.01. The molecule has 0 unspecified atom stereocenters. The number of halogens is 1. The van der Waals surface area contributed by atoms with Gasteiger partial charge in [0.1, 0.15) is 17.4 Å². The molecule has 0 atom stereocenters. The van der Waals surface area contributed by atoms with Crippen molar-refractivity contribution in [2.24, 2.45) is 5.41 Å². The fraction of sp³-hybridized carbons (Fsp3) is 0.381. The standard InChI is InChI=1S/C21H23FN6O/c1-29-14-2-3-15(16(22)12-14)17-13-19(27-26-17)24-18-4-9-23-20(25-18)28-10-7-21(5-6-21)8-11-28/h2-4,9,12-13H,5-8,10-11H2,1H3,(H2,23,24,25,26,27). The van der Waals surface area contributed by atoms with Crippen LogP contribution in [0.15, 0.2) is 36.5 Å². The van der Waals surface area contributed by atoms with Gasteiger partial charge in [0.05, 0.1) is 12.8 Å². The zero-order valence-electron chi connectivity index (χ0n) is 16.3. The minimum Gasteiger partial charge on any atom is -0.497 e. The van der Waals surface area contributed by atoms with E-state index in [0.29, 0.717) is 34.1 Å². The highest BCUT2D eigenvalue weighted by Gasteiger charge is 2.44. The molecular weight excluding hydrogens is 371 g/mol. The van der Waals surface area contributed by atoms with E-state index in [0.717, 1.165) is 19.0 Å². The maximum atomic E-state index is 14.3. The molecule has 1 aliphatic carbocycles. The lowest BCUT2D eigenvalue weighted by atomic mass is 9.94. The number of nitrogens with zero attached hydrogens (tertiary/aromatic N) is 4. The highest BCUT2D eigenvalue weighted by Crippen LogP contribution is 2.53. The van der Waals surface area contributed by atoms with Gasteiger partial charge >= 0.3 is 0 Å². The highest BCUT2D eigenvalue weighted by atomic mass is 19.1. The van der Waals surface area contributed by atoms with Crippen LogP contribution in [0.4, 0.5) is 22.0 Å². The van der Waals surface area contributed by atoms with Crippen LogP contribution in [0.3, 0.4) is 0 Å². The predicted octanol–water partition coefficient (Wildman–Crippen LogP) is 4.14. The van der Waals surface area contributed by atoms with Gasteiger partial charge < -0.3 is 15.0 Å². The van der Waals surface area contributed by atoms with Crippen LogP contribution in [0.1, 0.15) is 25.7 Å². The average molecular weight is 394 g/mol. The third-order valence-corrected chi connectivity index (χ3v) is 6.01. The van der Waals surface area contributed by atoms with Crippen LogP contribution < -0.4 is 15.0 Å². The Balaban J connectivity index is 1.30. The molecule has 0 amide bonds. The second kappa shape index (κ2) is 7.02. The predicted molar refractivity (Wildman–Crippen MR) is 109 cm³/mol. The second-order valence-electron chi connectivity index (χ2n) is 7.87. The number of aromatic nitrogens is 4. The molecule has 0 radical (unpaired) electrons. The number of rotatable bonds is 5. The highest BCUT2D eigenvalue weighted by molar-refractivity contribution is 5.66. The molecule has 2 N–H and O–H groups in total. The van der Waals surface area contributed by atoms with E-state index in [1.165, 1.54) is 38.9 Å². The van der Waals surface area contributed by atoms with Gasteiger partial charge in [0.2, 0.25) is 5.95 Å². The summed E-state index contributed by atoms with van der Waals surface area (Å²) in [7, 11) is 1.51. The van der Waals surface area contributed by atoms with Gasteiger partial charge in [0.15, 0.2) is 5.82 Å². The summed E-state index contributed by atoms with van der Waals surface area (Å²) in [4.78, 5) is 11.3. The van der Waals surface area contributed by atoms with E-state index in [1.807, 2.05) is 0 Å². The topological polar surface area (TPSA) is 79.0 Å². The minimum atomic E-state index is -0.373. The summed E-state index contributed by atoms with van der Waals surface area (Å²) in [6.07, 6.45) is 6.95. The molecule has 5 rings (SSSR count). The van der Waals surface area contributed by atoms with Crippen molar-refractivity contribution in [1.29, 1.82) is 0 Å². The normalized spacial score (nSPS) is 17.4. The first-order valence-corrected chi connectivity index (χ1v) is 9.89. The van der Waals surface area contributed by atoms with Crippen molar-refractivity contribution >= 4 is 17.6 Å². The van der Waals surface area contributed by atoms with Gasteiger partial charge in [0.25, 0.3) is 0 Å². The Labute approximate surface area is 168 Å². The molecule has 3 aromatic rings. The van der Waals surface area contributed by atoms with Crippen LogP contribution in [0.2, 0.25) is 0 Å². The number of benzene rings is 1. The molecule has 1 aliphatic heterocycles. The Hall–Kier alpha value is -3.16. The SMILES string of the molecule is COc1ccc(-c2cc(Nc3ccnc(N4CCC5(CC4)CC5)n3)n[nH]2)c(F)c1. The Bertz CT molecular complexity index is 1020. The molecule has 1 saturated heterocycles. The van der Waals surface area contributed by atoms with E-state index in [9.17, 15) is 4.39 Å². The van der Waals surface area contributed by atoms with Crippen molar-refractivity contribution in [3.8, 4) is 17.0 Å². The minimum absolute atomic E-state index is 0.373. The summed E-state index contributed by atoms with van der Waals surface area (Å²) >= 11 is 0. The lowest BCUT2D eigenvalue weighted by molar-refractivity contribution is 0.381. The summed E-state index contributed by atoms with van der Waals surface area (Å²) in [5.41, 5.74) is 1.62. The first-order chi connectivity index (χ1) is 14.1. The number of ether oxygens (including phenoxy) is 1. The molecular formula is C21H23FN6O. The number of nitrogens with one attached hydrogen (secondary N) is 2. The maximum absolute atomic E-state index is 14.3. The molecule has 2 fully saturated rings. The molecule has 1 aromatic carbocycles. The lowest BCUT2D eigenvalue weighted by Crippen LogP contribution is -2.35. The average Bonchev–Trinajstić information content (AvgIpc) is 3.34. The first kappa shape index (κ1) is 17.9. The number of H-pyrrole nitrogens is 1. The Morgan fingerprint density at radius 3 is 2.66 bits per heavy atom. The zero-order chi connectivity index (χ0) is 19.8. The van der Waals surface area contributed by atoms with E-state index in [2.05, 4.69) is 30.4 Å². The van der Waals surface area contributed by atoms with Gasteiger partial charge in [0, 0.05) is 37.0 Å². The van der Waals surface area contributed by atoms with Crippen LogP contribution in [-0.4, -0.2) is 40.4 Å². The summed E-state index contributed by atoms with van der Waals surface area (Å²) < 4.78 is 19.4. The largest absolute Gasteiger partial charge is 0.497 e. The molecule has 2 aliphatic rings. The first-order valence-electron chi connectivity index (χ1n) is 9.89. The monoisotopic (exact) mass is 394 g/mol. The third-order valence-electron chi connectivity index (χ3n) is 6.01. The van der Waals surface area contributed by atoms with Crippen molar-refractivity contribution in [1.82, 2.24) is 20.2 Å². The smallest absolute Gasteiger partial charge is 0.227 e. The Kier molecular flexibility index (Phi) is 4.34. The molecule has 2 aromatic heterocycles. The van der Waals surface area contributed by atoms with Crippen molar-refractivity contribution < 1.29 is 9.13 Å². The van der Waals surface area contributed by atoms with Crippen LogP contribution in [0.25, 0.3) is 11.3 Å². The summed E-state index contributed by atoms with van der Waals surface area (Å²) in [5.74, 6) is 2.07. The van der Waals surface area contributed by atoms with E-state index in [4.69, 9.17) is 4.74 Å². The molecule has 1 saturated carbocycles. The molecule has 8 heteroatoms. The van der Waals surface area contributed by atoms with Gasteiger partial charge in [-0.1, -0.05) is 0 Å². The quantitative estimate of drug-likeness (QED) is 0.677. The van der Waals surface area contributed by atoms with Crippen molar-refractivity contribution in [2.45, 2.75) is 25.7 Å². The van der Waals surface area contributed by atoms with Crippen molar-refractivity contribution in [2.75, 3.05) is 30.4 Å². The number of hydrogen-bond acceptors (Lipinski definition) is 6. The molecule has 7 nitrogen and oxygen atoms in total. The van der Waals surface area contributed by atoms with Crippen LogP contribution in [-0.2, 0) is 0 Å². The molecule has 29 heavy (non-hydrogen) atoms.